The Balaban J connectivity index is 1.99. The Labute approximate surface area is 173 Å². The maximum atomic E-state index is 13.2. The molecule has 3 rings (SSSR count). The van der Waals surface area contributed by atoms with Crippen LogP contribution in [0.4, 0.5) is 5.69 Å². The van der Waals surface area contributed by atoms with E-state index in [9.17, 15) is 4.79 Å². The summed E-state index contributed by atoms with van der Waals surface area (Å²) >= 11 is 12.2. The van der Waals surface area contributed by atoms with Gasteiger partial charge in [-0.15, -0.1) is 0 Å². The van der Waals surface area contributed by atoms with Gasteiger partial charge in [-0.25, -0.2) is 4.98 Å². The number of nitrogens with zero attached hydrogens (tertiary/aromatic N) is 2. The highest BCUT2D eigenvalue weighted by molar-refractivity contribution is 6.34. The summed E-state index contributed by atoms with van der Waals surface area (Å²) in [6.07, 6.45) is 1.54. The molecule has 5 nitrogen and oxygen atoms in total. The summed E-state index contributed by atoms with van der Waals surface area (Å²) in [6.45, 7) is 1.91. The number of carbonyl (C=O) groups excluding carboxylic acids is 1. The number of ether oxygens (including phenoxy) is 2. The third-order valence-corrected chi connectivity index (χ3v) is 4.71. The molecule has 28 heavy (non-hydrogen) atoms. The molecule has 0 unspecified atom stereocenters. The lowest BCUT2D eigenvalue weighted by Crippen LogP contribution is -2.28. The number of pyridine rings is 1. The Hall–Kier alpha value is -2.76. The molecule has 0 fully saturated rings. The molecule has 1 heterocycles. The Morgan fingerprint density at radius 1 is 1.07 bits per heavy atom. The molecular weight excluding hydrogens is 399 g/mol. The number of rotatable bonds is 5. The minimum absolute atomic E-state index is 0.135. The van der Waals surface area contributed by atoms with E-state index >= 15 is 0 Å². The van der Waals surface area contributed by atoms with Gasteiger partial charge in [0.05, 0.1) is 17.8 Å². The molecule has 0 radical (unpaired) electrons. The van der Waals surface area contributed by atoms with Crippen LogP contribution in [-0.4, -0.2) is 25.0 Å². The summed E-state index contributed by atoms with van der Waals surface area (Å²) in [4.78, 5) is 18.9. The minimum atomic E-state index is -0.297. The van der Waals surface area contributed by atoms with Crippen LogP contribution in [0.25, 0.3) is 0 Å². The van der Waals surface area contributed by atoms with Gasteiger partial charge < -0.3 is 14.4 Å². The largest absolute Gasteiger partial charge is 0.495 e. The summed E-state index contributed by atoms with van der Waals surface area (Å²) in [5.74, 6) is 0.753. The molecule has 0 bridgehead atoms. The zero-order chi connectivity index (χ0) is 20.3. The molecule has 1 aromatic heterocycles. The molecule has 0 saturated carbocycles. The quantitative estimate of drug-likeness (QED) is 0.529. The van der Waals surface area contributed by atoms with Crippen molar-refractivity contribution in [2.75, 3.05) is 19.1 Å². The highest BCUT2D eigenvalue weighted by Crippen LogP contribution is 2.35. The molecule has 0 aliphatic carbocycles. The van der Waals surface area contributed by atoms with E-state index in [2.05, 4.69) is 4.98 Å². The summed E-state index contributed by atoms with van der Waals surface area (Å²) in [7, 11) is 3.24. The van der Waals surface area contributed by atoms with E-state index < -0.39 is 0 Å². The van der Waals surface area contributed by atoms with Crippen molar-refractivity contribution in [2.45, 2.75) is 6.92 Å². The first-order valence-electron chi connectivity index (χ1n) is 8.42. The van der Waals surface area contributed by atoms with Crippen LogP contribution < -0.4 is 14.4 Å². The summed E-state index contributed by atoms with van der Waals surface area (Å²) in [5.41, 5.74) is 1.86. The molecule has 0 spiro atoms. The first-order chi connectivity index (χ1) is 13.4. The molecule has 3 aromatic rings. The van der Waals surface area contributed by atoms with Crippen LogP contribution in [-0.2, 0) is 0 Å². The lowest BCUT2D eigenvalue weighted by Gasteiger charge is -2.23. The number of anilines is 1. The number of aryl methyl sites for hydroxylation is 1. The summed E-state index contributed by atoms with van der Waals surface area (Å²) < 4.78 is 11.2. The van der Waals surface area contributed by atoms with Crippen molar-refractivity contribution in [1.82, 2.24) is 4.98 Å². The Kier molecular flexibility index (Phi) is 6.07. The number of benzene rings is 2. The molecule has 0 atom stereocenters. The van der Waals surface area contributed by atoms with E-state index in [-0.39, 0.29) is 17.4 Å². The number of amides is 1. The van der Waals surface area contributed by atoms with E-state index in [1.807, 2.05) is 19.1 Å². The number of carbonyl (C=O) groups is 1. The number of methoxy groups -OCH3 is 1. The smallest absolute Gasteiger partial charge is 0.263 e. The highest BCUT2D eigenvalue weighted by atomic mass is 35.5. The van der Waals surface area contributed by atoms with Crippen LogP contribution >= 0.6 is 23.2 Å². The highest BCUT2D eigenvalue weighted by Gasteiger charge is 2.23. The van der Waals surface area contributed by atoms with Crippen LogP contribution in [0.5, 0.6) is 17.4 Å². The molecule has 1 amide bonds. The molecule has 0 N–H and O–H groups in total. The van der Waals surface area contributed by atoms with Gasteiger partial charge in [-0.1, -0.05) is 35.3 Å². The van der Waals surface area contributed by atoms with Crippen molar-refractivity contribution in [3.8, 4) is 17.4 Å². The maximum absolute atomic E-state index is 13.2. The molecule has 144 valence electrons. The van der Waals surface area contributed by atoms with Gasteiger partial charge in [0.1, 0.15) is 17.1 Å². The van der Waals surface area contributed by atoms with Gasteiger partial charge >= 0.3 is 0 Å². The Morgan fingerprint density at radius 2 is 1.86 bits per heavy atom. The van der Waals surface area contributed by atoms with Crippen LogP contribution in [0.15, 0.2) is 54.7 Å². The molecule has 0 aliphatic heterocycles. The maximum Gasteiger partial charge on any atom is 0.263 e. The summed E-state index contributed by atoms with van der Waals surface area (Å²) in [5, 5.41) is 0.826. The standard InChI is InChI=1S/C21H18Cl2N2O3/c1-13-6-4-8-17(27-3)19(13)25(2)21(26)15-7-5-11-24-20(15)28-18-12-14(22)9-10-16(18)23/h4-12H,1-3H3. The Morgan fingerprint density at radius 3 is 2.61 bits per heavy atom. The average molecular weight is 417 g/mol. The summed E-state index contributed by atoms with van der Waals surface area (Å²) in [6, 6.07) is 13.7. The van der Waals surface area contributed by atoms with Crippen molar-refractivity contribution in [1.29, 1.82) is 0 Å². The van der Waals surface area contributed by atoms with Crippen molar-refractivity contribution in [3.63, 3.8) is 0 Å². The topological polar surface area (TPSA) is 51.7 Å². The van der Waals surface area contributed by atoms with Crippen molar-refractivity contribution < 1.29 is 14.3 Å². The van der Waals surface area contributed by atoms with Gasteiger partial charge in [0.25, 0.3) is 5.91 Å². The van der Waals surface area contributed by atoms with Crippen molar-refractivity contribution >= 4 is 34.8 Å². The van der Waals surface area contributed by atoms with E-state index in [0.29, 0.717) is 27.2 Å². The van der Waals surface area contributed by atoms with Crippen LogP contribution in [0.1, 0.15) is 15.9 Å². The van der Waals surface area contributed by atoms with Gasteiger partial charge in [-0.3, -0.25) is 4.79 Å². The number of aromatic nitrogens is 1. The van der Waals surface area contributed by atoms with Gasteiger partial charge in [0.2, 0.25) is 5.88 Å². The Bertz CT molecular complexity index is 1020. The third-order valence-electron chi connectivity index (χ3n) is 4.16. The predicted molar refractivity (Wildman–Crippen MR) is 111 cm³/mol. The average Bonchev–Trinajstić information content (AvgIpc) is 2.70. The fraction of sp³-hybridized carbons (Fsp3) is 0.143. The second-order valence-corrected chi connectivity index (χ2v) is 6.87. The second-order valence-electron chi connectivity index (χ2n) is 6.02. The van der Waals surface area contributed by atoms with E-state index in [1.165, 1.54) is 4.90 Å². The third kappa shape index (κ3) is 4.06. The van der Waals surface area contributed by atoms with Gasteiger partial charge in [0, 0.05) is 24.3 Å². The molecule has 0 saturated heterocycles. The lowest BCUT2D eigenvalue weighted by atomic mass is 10.1. The van der Waals surface area contributed by atoms with Crippen molar-refractivity contribution in [2.24, 2.45) is 0 Å². The van der Waals surface area contributed by atoms with E-state index in [1.54, 1.807) is 56.8 Å². The fourth-order valence-corrected chi connectivity index (χ4v) is 3.12. The van der Waals surface area contributed by atoms with Crippen molar-refractivity contribution in [3.05, 3.63) is 75.9 Å². The lowest BCUT2D eigenvalue weighted by molar-refractivity contribution is 0.0989. The van der Waals surface area contributed by atoms with Crippen LogP contribution in [0.3, 0.4) is 0 Å². The van der Waals surface area contributed by atoms with E-state index in [0.717, 1.165) is 5.56 Å². The van der Waals surface area contributed by atoms with Crippen LogP contribution in [0.2, 0.25) is 10.0 Å². The number of hydrogen-bond donors (Lipinski definition) is 0. The predicted octanol–water partition coefficient (Wildman–Crippen LogP) is 5.77. The number of halogens is 2. The van der Waals surface area contributed by atoms with Gasteiger partial charge in [0.15, 0.2) is 0 Å². The van der Waals surface area contributed by atoms with Gasteiger partial charge in [-0.2, -0.15) is 0 Å². The molecule has 7 heteroatoms. The molecule has 0 aliphatic rings. The molecular formula is C21H18Cl2N2O3. The second kappa shape index (κ2) is 8.50. The zero-order valence-corrected chi connectivity index (χ0v) is 17.1. The SMILES string of the molecule is COc1cccc(C)c1N(C)C(=O)c1cccnc1Oc1cc(Cl)ccc1Cl. The first-order valence-corrected chi connectivity index (χ1v) is 9.17. The van der Waals surface area contributed by atoms with E-state index in [4.69, 9.17) is 32.7 Å². The van der Waals surface area contributed by atoms with Crippen LogP contribution in [0, 0.1) is 6.92 Å². The zero-order valence-electron chi connectivity index (χ0n) is 15.6. The monoisotopic (exact) mass is 416 g/mol. The normalized spacial score (nSPS) is 10.5. The fourth-order valence-electron chi connectivity index (χ4n) is 2.80. The first kappa shape index (κ1) is 20.0. The molecule has 2 aromatic carbocycles. The number of hydrogen-bond acceptors (Lipinski definition) is 4. The van der Waals surface area contributed by atoms with Gasteiger partial charge in [-0.05, 0) is 42.8 Å². The minimum Gasteiger partial charge on any atom is -0.495 e. The number of para-hydroxylation sites is 1.